The van der Waals surface area contributed by atoms with Crippen LogP contribution < -0.4 is 15.4 Å². The zero-order chi connectivity index (χ0) is 19.6. The van der Waals surface area contributed by atoms with Gasteiger partial charge in [0.1, 0.15) is 5.75 Å². The molecule has 0 unspecified atom stereocenters. The average Bonchev–Trinajstić information content (AvgIpc) is 2.75. The van der Waals surface area contributed by atoms with Crippen molar-refractivity contribution >= 4 is 24.2 Å². The second-order valence-corrected chi connectivity index (χ2v) is 7.45. The van der Waals surface area contributed by atoms with Crippen LogP contribution in [0.15, 0.2) is 30.3 Å². The first-order valence-electron chi connectivity index (χ1n) is 10.4. The first kappa shape index (κ1) is 23.4. The smallest absolute Gasteiger partial charge is 0.225 e. The van der Waals surface area contributed by atoms with Crippen molar-refractivity contribution in [3.63, 3.8) is 0 Å². The summed E-state index contributed by atoms with van der Waals surface area (Å²) in [5, 5.41) is 6.40. The van der Waals surface area contributed by atoms with E-state index in [2.05, 4.69) is 15.5 Å². The minimum absolute atomic E-state index is 0. The molecule has 0 atom stereocenters. The Labute approximate surface area is 179 Å². The summed E-state index contributed by atoms with van der Waals surface area (Å²) in [4.78, 5) is 29.0. The summed E-state index contributed by atoms with van der Waals surface area (Å²) >= 11 is 0. The third-order valence-corrected chi connectivity index (χ3v) is 5.48. The van der Waals surface area contributed by atoms with Gasteiger partial charge in [0.05, 0.1) is 13.0 Å². The molecule has 2 amide bonds. The van der Waals surface area contributed by atoms with Gasteiger partial charge in [0.25, 0.3) is 0 Å². The third-order valence-electron chi connectivity index (χ3n) is 5.48. The van der Waals surface area contributed by atoms with Gasteiger partial charge in [-0.1, -0.05) is 18.2 Å². The lowest BCUT2D eigenvalue weighted by Gasteiger charge is -2.32. The SMILES string of the molecule is Cl.O=C(NCCN1CCNCC1)C1CCN(C(=O)CCOc2ccccc2)CC1. The van der Waals surface area contributed by atoms with Gasteiger partial charge in [0, 0.05) is 58.3 Å². The molecule has 2 heterocycles. The number of piperidine rings is 1. The Morgan fingerprint density at radius 2 is 1.76 bits per heavy atom. The highest BCUT2D eigenvalue weighted by Crippen LogP contribution is 2.18. The van der Waals surface area contributed by atoms with Crippen LogP contribution in [-0.4, -0.2) is 80.6 Å². The molecule has 2 aliphatic heterocycles. The Kier molecular flexibility index (Phi) is 10.2. The molecule has 1 aromatic rings. The van der Waals surface area contributed by atoms with Gasteiger partial charge in [0.2, 0.25) is 11.8 Å². The average molecular weight is 425 g/mol. The van der Waals surface area contributed by atoms with Crippen LogP contribution >= 0.6 is 12.4 Å². The zero-order valence-electron chi connectivity index (χ0n) is 17.0. The molecule has 0 bridgehead atoms. The summed E-state index contributed by atoms with van der Waals surface area (Å²) in [7, 11) is 0. The normalized spacial score (nSPS) is 18.0. The summed E-state index contributed by atoms with van der Waals surface area (Å²) < 4.78 is 5.60. The number of amides is 2. The zero-order valence-corrected chi connectivity index (χ0v) is 17.8. The van der Waals surface area contributed by atoms with Crippen LogP contribution in [0.1, 0.15) is 19.3 Å². The van der Waals surface area contributed by atoms with Crippen molar-refractivity contribution < 1.29 is 14.3 Å². The monoisotopic (exact) mass is 424 g/mol. The van der Waals surface area contributed by atoms with Crippen molar-refractivity contribution in [2.24, 2.45) is 5.92 Å². The van der Waals surface area contributed by atoms with Crippen molar-refractivity contribution in [1.29, 1.82) is 0 Å². The van der Waals surface area contributed by atoms with E-state index in [1.54, 1.807) is 0 Å². The molecule has 0 aliphatic carbocycles. The molecule has 1 aromatic carbocycles. The quantitative estimate of drug-likeness (QED) is 0.654. The third kappa shape index (κ3) is 7.84. The Morgan fingerprint density at radius 1 is 1.07 bits per heavy atom. The molecule has 2 fully saturated rings. The largest absolute Gasteiger partial charge is 0.493 e. The van der Waals surface area contributed by atoms with E-state index in [9.17, 15) is 9.59 Å². The predicted molar refractivity (Wildman–Crippen MR) is 115 cm³/mol. The van der Waals surface area contributed by atoms with E-state index < -0.39 is 0 Å². The van der Waals surface area contributed by atoms with Crippen molar-refractivity contribution in [3.05, 3.63) is 30.3 Å². The molecule has 8 heteroatoms. The molecule has 3 rings (SSSR count). The van der Waals surface area contributed by atoms with E-state index in [1.807, 2.05) is 35.2 Å². The number of halogens is 1. The lowest BCUT2D eigenvalue weighted by molar-refractivity contribution is -0.136. The van der Waals surface area contributed by atoms with E-state index in [4.69, 9.17) is 4.74 Å². The van der Waals surface area contributed by atoms with Crippen LogP contribution in [0, 0.1) is 5.92 Å². The number of hydrogen-bond donors (Lipinski definition) is 2. The summed E-state index contributed by atoms with van der Waals surface area (Å²) in [6, 6.07) is 9.53. The molecule has 0 radical (unpaired) electrons. The number of carbonyl (C=O) groups is 2. The minimum Gasteiger partial charge on any atom is -0.493 e. The molecular weight excluding hydrogens is 392 g/mol. The number of nitrogens with one attached hydrogen (secondary N) is 2. The summed E-state index contributed by atoms with van der Waals surface area (Å²) in [5.74, 6) is 1.04. The summed E-state index contributed by atoms with van der Waals surface area (Å²) in [6.07, 6.45) is 1.85. The minimum atomic E-state index is 0. The maximum Gasteiger partial charge on any atom is 0.225 e. The number of hydrogen-bond acceptors (Lipinski definition) is 5. The Hall–Kier alpha value is -1.83. The lowest BCUT2D eigenvalue weighted by atomic mass is 9.95. The number of piperazine rings is 1. The second kappa shape index (κ2) is 12.7. The van der Waals surface area contributed by atoms with Gasteiger partial charge in [0.15, 0.2) is 0 Å². The molecule has 0 spiro atoms. The Bertz CT molecular complexity index is 618. The van der Waals surface area contributed by atoms with Crippen LogP contribution in [0.4, 0.5) is 0 Å². The maximum absolute atomic E-state index is 12.4. The van der Waals surface area contributed by atoms with Gasteiger partial charge in [-0.15, -0.1) is 12.4 Å². The fourth-order valence-corrected chi connectivity index (χ4v) is 3.74. The number of benzene rings is 1. The van der Waals surface area contributed by atoms with Gasteiger partial charge in [-0.25, -0.2) is 0 Å². The van der Waals surface area contributed by atoms with E-state index in [0.29, 0.717) is 32.7 Å². The highest BCUT2D eigenvalue weighted by atomic mass is 35.5. The fourth-order valence-electron chi connectivity index (χ4n) is 3.74. The lowest BCUT2D eigenvalue weighted by Crippen LogP contribution is -2.47. The predicted octanol–water partition coefficient (Wildman–Crippen LogP) is 1.14. The molecule has 162 valence electrons. The number of ether oxygens (including phenoxy) is 1. The molecule has 2 N–H and O–H groups in total. The highest BCUT2D eigenvalue weighted by molar-refractivity contribution is 5.85. The molecular formula is C21H33ClN4O3. The summed E-state index contributed by atoms with van der Waals surface area (Å²) in [6.45, 7) is 7.44. The summed E-state index contributed by atoms with van der Waals surface area (Å²) in [5.41, 5.74) is 0. The van der Waals surface area contributed by atoms with Gasteiger partial charge in [-0.2, -0.15) is 0 Å². The van der Waals surface area contributed by atoms with Crippen molar-refractivity contribution in [2.45, 2.75) is 19.3 Å². The highest BCUT2D eigenvalue weighted by Gasteiger charge is 2.27. The van der Waals surface area contributed by atoms with Gasteiger partial charge in [-0.05, 0) is 25.0 Å². The van der Waals surface area contributed by atoms with E-state index in [0.717, 1.165) is 51.3 Å². The van der Waals surface area contributed by atoms with Crippen LogP contribution in [0.25, 0.3) is 0 Å². The van der Waals surface area contributed by atoms with Crippen molar-refractivity contribution in [2.75, 3.05) is 59.0 Å². The number of carbonyl (C=O) groups excluding carboxylic acids is 2. The van der Waals surface area contributed by atoms with Gasteiger partial charge >= 0.3 is 0 Å². The Balaban J connectivity index is 0.00000300. The first-order chi connectivity index (χ1) is 13.7. The standard InChI is InChI=1S/C21H32N4O3.ClH/c26-20(8-17-28-19-4-2-1-3-5-19)25-12-6-18(7-13-25)21(27)23-11-16-24-14-9-22-10-15-24;/h1-5,18,22H,6-17H2,(H,23,27);1H. The van der Waals surface area contributed by atoms with Crippen LogP contribution in [0.2, 0.25) is 0 Å². The molecule has 0 aromatic heterocycles. The van der Waals surface area contributed by atoms with Gasteiger partial charge in [-0.3, -0.25) is 14.5 Å². The molecule has 2 aliphatic rings. The van der Waals surface area contributed by atoms with Gasteiger partial charge < -0.3 is 20.3 Å². The second-order valence-electron chi connectivity index (χ2n) is 7.45. The van der Waals surface area contributed by atoms with Crippen LogP contribution in [-0.2, 0) is 9.59 Å². The number of likely N-dealkylation sites (tertiary alicyclic amines) is 1. The first-order valence-corrected chi connectivity index (χ1v) is 10.4. The number of rotatable bonds is 8. The number of para-hydroxylation sites is 1. The van der Waals surface area contributed by atoms with Crippen molar-refractivity contribution in [1.82, 2.24) is 20.4 Å². The molecule has 29 heavy (non-hydrogen) atoms. The molecule has 0 saturated carbocycles. The molecule has 2 saturated heterocycles. The van der Waals surface area contributed by atoms with Crippen LogP contribution in [0.3, 0.4) is 0 Å². The van der Waals surface area contributed by atoms with E-state index >= 15 is 0 Å². The topological polar surface area (TPSA) is 73.9 Å². The van der Waals surface area contributed by atoms with Crippen LogP contribution in [0.5, 0.6) is 5.75 Å². The van der Waals surface area contributed by atoms with E-state index in [1.165, 1.54) is 0 Å². The number of nitrogens with zero attached hydrogens (tertiary/aromatic N) is 2. The van der Waals surface area contributed by atoms with E-state index in [-0.39, 0.29) is 30.1 Å². The fraction of sp³-hybridized carbons (Fsp3) is 0.619. The van der Waals surface area contributed by atoms with Crippen molar-refractivity contribution in [3.8, 4) is 5.75 Å². The Morgan fingerprint density at radius 3 is 2.45 bits per heavy atom. The maximum atomic E-state index is 12.4. The molecule has 7 nitrogen and oxygen atoms in total.